The molecular formula is C26H25F3N2O2. The Morgan fingerprint density at radius 2 is 1.73 bits per heavy atom. The zero-order chi connectivity index (χ0) is 23.2. The molecule has 4 rings (SSSR count). The fourth-order valence-electron chi connectivity index (χ4n) is 4.08. The molecule has 1 aliphatic carbocycles. The van der Waals surface area contributed by atoms with E-state index >= 15 is 0 Å². The van der Waals surface area contributed by atoms with Crippen LogP contribution in [-0.2, 0) is 16.1 Å². The average Bonchev–Trinajstić information content (AvgIpc) is 3.63. The summed E-state index contributed by atoms with van der Waals surface area (Å²) >= 11 is 0. The number of pyridine rings is 1. The molecule has 1 aromatic heterocycles. The number of ether oxygens (including phenoxy) is 1. The van der Waals surface area contributed by atoms with E-state index in [1.165, 1.54) is 12.1 Å². The lowest BCUT2D eigenvalue weighted by atomic mass is 10.0. The lowest BCUT2D eigenvalue weighted by Crippen LogP contribution is -2.38. The molecule has 0 saturated heterocycles. The first-order valence-electron chi connectivity index (χ1n) is 10.9. The summed E-state index contributed by atoms with van der Waals surface area (Å²) in [6.45, 7) is -0.526. The van der Waals surface area contributed by atoms with Crippen LogP contribution in [0.3, 0.4) is 0 Å². The van der Waals surface area contributed by atoms with Gasteiger partial charge in [0.05, 0.1) is 24.9 Å². The van der Waals surface area contributed by atoms with E-state index in [2.05, 4.69) is 4.98 Å². The fourth-order valence-corrected chi connectivity index (χ4v) is 4.08. The molecule has 172 valence electrons. The van der Waals surface area contributed by atoms with Crippen molar-refractivity contribution in [2.24, 2.45) is 5.92 Å². The molecule has 1 fully saturated rings. The van der Waals surface area contributed by atoms with Crippen molar-refractivity contribution in [3.05, 3.63) is 102 Å². The van der Waals surface area contributed by atoms with Gasteiger partial charge in [0.15, 0.2) is 0 Å². The normalized spacial score (nSPS) is 18.2. The van der Waals surface area contributed by atoms with E-state index in [4.69, 9.17) is 4.74 Å². The summed E-state index contributed by atoms with van der Waals surface area (Å²) in [5.74, 6) is -0.674. The Hall–Kier alpha value is -3.19. The molecule has 1 saturated carbocycles. The Labute approximate surface area is 191 Å². The number of aromatic nitrogens is 1. The van der Waals surface area contributed by atoms with Crippen molar-refractivity contribution >= 4 is 5.91 Å². The van der Waals surface area contributed by atoms with Crippen molar-refractivity contribution in [1.29, 1.82) is 0 Å². The van der Waals surface area contributed by atoms with Gasteiger partial charge < -0.3 is 9.64 Å². The molecule has 1 aliphatic rings. The molecule has 3 atom stereocenters. The summed E-state index contributed by atoms with van der Waals surface area (Å²) in [5, 5.41) is 0. The Morgan fingerprint density at radius 1 is 1.00 bits per heavy atom. The summed E-state index contributed by atoms with van der Waals surface area (Å²) in [4.78, 5) is 19.7. The van der Waals surface area contributed by atoms with Crippen LogP contribution in [0.5, 0.6) is 0 Å². The third-order valence-corrected chi connectivity index (χ3v) is 5.83. The SMILES string of the molecule is O=C(C1CC1c1ccc(F)cc1)N(Cc1ccccn1)C(COCC(F)F)c1ccccc1. The van der Waals surface area contributed by atoms with E-state index in [1.54, 1.807) is 29.3 Å². The molecule has 7 heteroatoms. The molecule has 0 radical (unpaired) electrons. The maximum absolute atomic E-state index is 13.7. The molecular weight excluding hydrogens is 429 g/mol. The van der Waals surface area contributed by atoms with Gasteiger partial charge in [0.2, 0.25) is 5.91 Å². The molecule has 1 heterocycles. The topological polar surface area (TPSA) is 42.4 Å². The molecule has 4 nitrogen and oxygen atoms in total. The van der Waals surface area contributed by atoms with Gasteiger partial charge in [0, 0.05) is 12.1 Å². The van der Waals surface area contributed by atoms with Gasteiger partial charge in [-0.15, -0.1) is 0 Å². The van der Waals surface area contributed by atoms with Gasteiger partial charge in [-0.1, -0.05) is 48.5 Å². The molecule has 3 aromatic rings. The van der Waals surface area contributed by atoms with Crippen LogP contribution in [0.15, 0.2) is 79.0 Å². The van der Waals surface area contributed by atoms with Gasteiger partial charge in [-0.25, -0.2) is 13.2 Å². The van der Waals surface area contributed by atoms with Crippen molar-refractivity contribution in [3.63, 3.8) is 0 Å². The zero-order valence-corrected chi connectivity index (χ0v) is 18.0. The Bertz CT molecular complexity index is 1030. The minimum absolute atomic E-state index is 0.00254. The highest BCUT2D eigenvalue weighted by Crippen LogP contribution is 2.49. The Kier molecular flexibility index (Phi) is 7.40. The van der Waals surface area contributed by atoms with Crippen molar-refractivity contribution in [2.45, 2.75) is 31.4 Å². The standard InChI is InChI=1S/C26H25F3N2O2/c27-20-11-9-18(10-12-20)22-14-23(22)26(32)31(15-21-8-4-5-13-30-21)24(16-33-17-25(28)29)19-6-2-1-3-7-19/h1-13,22-25H,14-17H2. The first kappa shape index (κ1) is 23.0. The van der Waals surface area contributed by atoms with Crippen LogP contribution in [0.25, 0.3) is 0 Å². The van der Waals surface area contributed by atoms with Crippen molar-refractivity contribution in [1.82, 2.24) is 9.88 Å². The number of nitrogens with zero attached hydrogens (tertiary/aromatic N) is 2. The minimum atomic E-state index is -2.59. The van der Waals surface area contributed by atoms with E-state index in [1.807, 2.05) is 42.5 Å². The van der Waals surface area contributed by atoms with Crippen LogP contribution in [0.2, 0.25) is 0 Å². The number of benzene rings is 2. The first-order chi connectivity index (χ1) is 16.0. The smallest absolute Gasteiger partial charge is 0.261 e. The van der Waals surface area contributed by atoms with Gasteiger partial charge in [0.25, 0.3) is 6.43 Å². The number of halogens is 3. The maximum Gasteiger partial charge on any atom is 0.261 e. The number of amides is 1. The number of rotatable bonds is 10. The second-order valence-corrected chi connectivity index (χ2v) is 8.14. The largest absolute Gasteiger partial charge is 0.373 e. The predicted molar refractivity (Wildman–Crippen MR) is 118 cm³/mol. The highest BCUT2D eigenvalue weighted by molar-refractivity contribution is 5.83. The van der Waals surface area contributed by atoms with E-state index in [0.29, 0.717) is 12.1 Å². The van der Waals surface area contributed by atoms with Crippen LogP contribution in [0, 0.1) is 11.7 Å². The number of carbonyl (C=O) groups is 1. The minimum Gasteiger partial charge on any atom is -0.373 e. The molecule has 0 aliphatic heterocycles. The number of hydrogen-bond acceptors (Lipinski definition) is 3. The first-order valence-corrected chi connectivity index (χ1v) is 10.9. The molecule has 2 aromatic carbocycles. The van der Waals surface area contributed by atoms with E-state index in [9.17, 15) is 18.0 Å². The van der Waals surface area contributed by atoms with Gasteiger partial charge in [-0.05, 0) is 47.7 Å². The molecule has 0 N–H and O–H groups in total. The van der Waals surface area contributed by atoms with Crippen LogP contribution < -0.4 is 0 Å². The highest BCUT2D eigenvalue weighted by atomic mass is 19.3. The van der Waals surface area contributed by atoms with Gasteiger partial charge in [0.1, 0.15) is 12.4 Å². The maximum atomic E-state index is 13.7. The lowest BCUT2D eigenvalue weighted by Gasteiger charge is -2.32. The summed E-state index contributed by atoms with van der Waals surface area (Å²) in [5.41, 5.74) is 2.41. The van der Waals surface area contributed by atoms with Gasteiger partial charge in [-0.2, -0.15) is 0 Å². The fraction of sp³-hybridized carbons (Fsp3) is 0.308. The molecule has 0 bridgehead atoms. The molecule has 1 amide bonds. The monoisotopic (exact) mass is 454 g/mol. The van der Waals surface area contributed by atoms with Crippen LogP contribution >= 0.6 is 0 Å². The van der Waals surface area contributed by atoms with Gasteiger partial charge >= 0.3 is 0 Å². The third-order valence-electron chi connectivity index (χ3n) is 5.83. The summed E-state index contributed by atoms with van der Waals surface area (Å²) < 4.78 is 44.1. The van der Waals surface area contributed by atoms with Gasteiger partial charge in [-0.3, -0.25) is 9.78 Å². The molecule has 0 spiro atoms. The third kappa shape index (κ3) is 5.99. The second kappa shape index (κ2) is 10.6. The predicted octanol–water partition coefficient (Wildman–Crippen LogP) is 5.38. The van der Waals surface area contributed by atoms with E-state index in [0.717, 1.165) is 11.1 Å². The molecule has 33 heavy (non-hydrogen) atoms. The Balaban J connectivity index is 1.60. The summed E-state index contributed by atoms with van der Waals surface area (Å²) in [7, 11) is 0. The number of carbonyl (C=O) groups excluding carboxylic acids is 1. The van der Waals surface area contributed by atoms with E-state index in [-0.39, 0.29) is 36.7 Å². The molecule has 3 unspecified atom stereocenters. The van der Waals surface area contributed by atoms with Crippen LogP contribution in [0.4, 0.5) is 13.2 Å². The summed E-state index contributed by atoms with van der Waals surface area (Å²) in [6.07, 6.45) is -0.281. The number of alkyl halides is 2. The van der Waals surface area contributed by atoms with Crippen LogP contribution in [-0.4, -0.2) is 35.4 Å². The van der Waals surface area contributed by atoms with Crippen molar-refractivity contribution < 1.29 is 22.7 Å². The number of hydrogen-bond donors (Lipinski definition) is 0. The quantitative estimate of drug-likeness (QED) is 0.413. The Morgan fingerprint density at radius 3 is 2.39 bits per heavy atom. The average molecular weight is 454 g/mol. The van der Waals surface area contributed by atoms with E-state index < -0.39 is 19.1 Å². The van der Waals surface area contributed by atoms with Crippen molar-refractivity contribution in [3.8, 4) is 0 Å². The zero-order valence-electron chi connectivity index (χ0n) is 18.0. The highest BCUT2D eigenvalue weighted by Gasteiger charge is 2.47. The van der Waals surface area contributed by atoms with Crippen LogP contribution in [0.1, 0.15) is 35.2 Å². The second-order valence-electron chi connectivity index (χ2n) is 8.14. The lowest BCUT2D eigenvalue weighted by molar-refractivity contribution is -0.138. The summed E-state index contributed by atoms with van der Waals surface area (Å²) in [6, 6.07) is 20.4. The van der Waals surface area contributed by atoms with Crippen molar-refractivity contribution in [2.75, 3.05) is 13.2 Å².